The molecule has 2 aromatic heterocycles. The molecule has 0 aromatic carbocycles. The molecule has 3 heterocycles. The molecular formula is C13H17N5O4. The molecule has 0 bridgehead atoms. The monoisotopic (exact) mass is 307 g/mol. The number of methoxy groups -OCH3 is 1. The molecule has 0 amide bonds. The number of fused-ring (bicyclic) bond motifs is 1. The smallest absolute Gasteiger partial charge is 0.246 e. The lowest BCUT2D eigenvalue weighted by molar-refractivity contribution is -0.0953. The Morgan fingerprint density at radius 1 is 1.64 bits per heavy atom. The summed E-state index contributed by atoms with van der Waals surface area (Å²) in [6.07, 6.45) is 1.71. The van der Waals surface area contributed by atoms with Crippen LogP contribution in [0.2, 0.25) is 0 Å². The van der Waals surface area contributed by atoms with Gasteiger partial charge in [0.05, 0.1) is 26.1 Å². The average Bonchev–Trinajstić information content (AvgIpc) is 3.07. The highest BCUT2D eigenvalue weighted by molar-refractivity contribution is 5.77. The van der Waals surface area contributed by atoms with Crippen molar-refractivity contribution in [3.8, 4) is 5.88 Å². The Morgan fingerprint density at radius 3 is 3.00 bits per heavy atom. The van der Waals surface area contributed by atoms with E-state index >= 15 is 0 Å². The SMILES string of the molecule is C=C[C@]1(CO)O[C@@H](n2cnc3c(OC)nc(N)nc32)C[C@@H]1O. The zero-order chi connectivity index (χ0) is 15.9. The van der Waals surface area contributed by atoms with Crippen molar-refractivity contribution in [2.45, 2.75) is 24.4 Å². The van der Waals surface area contributed by atoms with Crippen molar-refractivity contribution in [3.63, 3.8) is 0 Å². The highest BCUT2D eigenvalue weighted by Crippen LogP contribution is 2.39. The van der Waals surface area contributed by atoms with Crippen LogP contribution in [-0.4, -0.2) is 55.2 Å². The Kier molecular flexibility index (Phi) is 3.47. The number of nitrogen functional groups attached to an aromatic ring is 1. The van der Waals surface area contributed by atoms with E-state index in [1.54, 1.807) is 4.57 Å². The number of aliphatic hydroxyl groups is 2. The molecule has 1 aliphatic rings. The first-order chi connectivity index (χ1) is 10.5. The van der Waals surface area contributed by atoms with Gasteiger partial charge in [0, 0.05) is 6.42 Å². The number of ether oxygens (including phenoxy) is 2. The molecule has 3 rings (SSSR count). The molecule has 0 aliphatic carbocycles. The molecule has 1 saturated heterocycles. The van der Waals surface area contributed by atoms with Gasteiger partial charge in [0.2, 0.25) is 11.8 Å². The number of imidazole rings is 1. The first-order valence-corrected chi connectivity index (χ1v) is 6.69. The predicted octanol–water partition coefficient (Wildman–Crippen LogP) is -0.386. The summed E-state index contributed by atoms with van der Waals surface area (Å²) in [5, 5.41) is 19.7. The first-order valence-electron chi connectivity index (χ1n) is 6.69. The number of anilines is 1. The van der Waals surface area contributed by atoms with Gasteiger partial charge in [-0.2, -0.15) is 9.97 Å². The second kappa shape index (κ2) is 5.20. The highest BCUT2D eigenvalue weighted by Gasteiger charge is 2.46. The second-order valence-corrected chi connectivity index (χ2v) is 5.06. The zero-order valence-electron chi connectivity index (χ0n) is 12.0. The Balaban J connectivity index is 2.05. The van der Waals surface area contributed by atoms with E-state index in [-0.39, 0.29) is 24.9 Å². The second-order valence-electron chi connectivity index (χ2n) is 5.06. The van der Waals surface area contributed by atoms with E-state index in [2.05, 4.69) is 21.5 Å². The fourth-order valence-corrected chi connectivity index (χ4v) is 2.59. The first kappa shape index (κ1) is 14.7. The Hall–Kier alpha value is -2.23. The average molecular weight is 307 g/mol. The van der Waals surface area contributed by atoms with Gasteiger partial charge >= 0.3 is 0 Å². The van der Waals surface area contributed by atoms with Crippen LogP contribution in [-0.2, 0) is 4.74 Å². The van der Waals surface area contributed by atoms with Crippen molar-refractivity contribution in [1.29, 1.82) is 0 Å². The number of hydrogen-bond acceptors (Lipinski definition) is 8. The lowest BCUT2D eigenvalue weighted by atomic mass is 9.98. The number of hydrogen-bond donors (Lipinski definition) is 3. The van der Waals surface area contributed by atoms with Gasteiger partial charge in [-0.05, 0) is 0 Å². The minimum Gasteiger partial charge on any atom is -0.479 e. The van der Waals surface area contributed by atoms with Crippen molar-refractivity contribution in [3.05, 3.63) is 19.0 Å². The number of nitrogens with zero attached hydrogens (tertiary/aromatic N) is 4. The van der Waals surface area contributed by atoms with Crippen LogP contribution >= 0.6 is 0 Å². The van der Waals surface area contributed by atoms with Crippen molar-refractivity contribution < 1.29 is 19.7 Å². The van der Waals surface area contributed by atoms with Gasteiger partial charge < -0.3 is 25.4 Å². The van der Waals surface area contributed by atoms with Gasteiger partial charge in [0.15, 0.2) is 11.2 Å². The maximum absolute atomic E-state index is 10.2. The molecule has 0 spiro atoms. The third-order valence-electron chi connectivity index (χ3n) is 3.85. The van der Waals surface area contributed by atoms with Gasteiger partial charge in [-0.1, -0.05) is 6.08 Å². The summed E-state index contributed by atoms with van der Waals surface area (Å²) in [6, 6.07) is 0. The topological polar surface area (TPSA) is 129 Å². The number of rotatable bonds is 4. The van der Waals surface area contributed by atoms with Crippen LogP contribution in [0.1, 0.15) is 12.6 Å². The van der Waals surface area contributed by atoms with Crippen LogP contribution in [0.25, 0.3) is 11.2 Å². The van der Waals surface area contributed by atoms with Crippen molar-refractivity contribution in [2.24, 2.45) is 0 Å². The van der Waals surface area contributed by atoms with E-state index in [4.69, 9.17) is 15.2 Å². The minimum absolute atomic E-state index is 0.0433. The number of nitrogens with two attached hydrogens (primary N) is 1. The van der Waals surface area contributed by atoms with Crippen LogP contribution in [0.3, 0.4) is 0 Å². The lowest BCUT2D eigenvalue weighted by Gasteiger charge is -2.26. The molecule has 22 heavy (non-hydrogen) atoms. The summed E-state index contributed by atoms with van der Waals surface area (Å²) in [4.78, 5) is 12.3. The van der Waals surface area contributed by atoms with Gasteiger partial charge in [-0.25, -0.2) is 4.98 Å². The van der Waals surface area contributed by atoms with Crippen LogP contribution in [0.4, 0.5) is 5.95 Å². The fourth-order valence-electron chi connectivity index (χ4n) is 2.59. The highest BCUT2D eigenvalue weighted by atomic mass is 16.6. The molecular weight excluding hydrogens is 290 g/mol. The van der Waals surface area contributed by atoms with E-state index in [0.717, 1.165) is 0 Å². The van der Waals surface area contributed by atoms with Gasteiger partial charge in [0.25, 0.3) is 0 Å². The molecule has 118 valence electrons. The van der Waals surface area contributed by atoms with Crippen LogP contribution < -0.4 is 10.5 Å². The zero-order valence-corrected chi connectivity index (χ0v) is 12.0. The van der Waals surface area contributed by atoms with Crippen molar-refractivity contribution >= 4 is 17.1 Å². The third kappa shape index (κ3) is 2.02. The largest absolute Gasteiger partial charge is 0.479 e. The molecule has 1 aliphatic heterocycles. The maximum Gasteiger partial charge on any atom is 0.246 e. The van der Waals surface area contributed by atoms with Crippen LogP contribution in [0, 0.1) is 0 Å². The van der Waals surface area contributed by atoms with E-state index < -0.39 is 17.9 Å². The number of aromatic nitrogens is 4. The predicted molar refractivity (Wildman–Crippen MR) is 77.0 cm³/mol. The lowest BCUT2D eigenvalue weighted by Crippen LogP contribution is -2.40. The van der Waals surface area contributed by atoms with Crippen LogP contribution in [0.15, 0.2) is 19.0 Å². The molecule has 0 radical (unpaired) electrons. The summed E-state index contributed by atoms with van der Waals surface area (Å²) >= 11 is 0. The normalized spacial score (nSPS) is 28.1. The molecule has 9 nitrogen and oxygen atoms in total. The van der Waals surface area contributed by atoms with Gasteiger partial charge in [-0.3, -0.25) is 4.57 Å². The van der Waals surface area contributed by atoms with Crippen LogP contribution in [0.5, 0.6) is 5.88 Å². The molecule has 4 N–H and O–H groups in total. The summed E-state index contributed by atoms with van der Waals surface area (Å²) in [7, 11) is 1.46. The number of aliphatic hydroxyl groups excluding tert-OH is 2. The standard InChI is InChI=1S/C13H17N5O4/c1-3-13(5-19)7(20)4-8(22-13)18-6-15-9-10(18)16-12(14)17-11(9)21-2/h3,6-8,19-20H,1,4-5H2,2H3,(H2,14,16,17)/t7-,8+,13+/m0/s1. The van der Waals surface area contributed by atoms with E-state index in [9.17, 15) is 10.2 Å². The van der Waals surface area contributed by atoms with Crippen molar-refractivity contribution in [2.75, 3.05) is 19.5 Å². The molecule has 9 heteroatoms. The Morgan fingerprint density at radius 2 is 2.41 bits per heavy atom. The maximum atomic E-state index is 10.2. The minimum atomic E-state index is -1.20. The summed E-state index contributed by atoms with van der Waals surface area (Å²) < 4.78 is 12.5. The van der Waals surface area contributed by atoms with Gasteiger partial charge in [0.1, 0.15) is 11.8 Å². The molecule has 3 atom stereocenters. The molecule has 0 saturated carbocycles. The molecule has 0 unspecified atom stereocenters. The van der Waals surface area contributed by atoms with E-state index in [1.807, 2.05) is 0 Å². The summed E-state index contributed by atoms with van der Waals surface area (Å²) in [5.41, 5.74) is 5.34. The van der Waals surface area contributed by atoms with E-state index in [1.165, 1.54) is 19.5 Å². The Labute approximate surface area is 126 Å². The summed E-state index contributed by atoms with van der Waals surface area (Å²) in [5.74, 6) is 0.304. The quantitative estimate of drug-likeness (QED) is 0.652. The molecule has 1 fully saturated rings. The molecule has 2 aromatic rings. The fraction of sp³-hybridized carbons (Fsp3) is 0.462. The summed E-state index contributed by atoms with van der Waals surface area (Å²) in [6.45, 7) is 3.25. The Bertz CT molecular complexity index is 718. The third-order valence-corrected chi connectivity index (χ3v) is 3.85. The van der Waals surface area contributed by atoms with E-state index in [0.29, 0.717) is 11.2 Å². The van der Waals surface area contributed by atoms with Gasteiger partial charge in [-0.15, -0.1) is 6.58 Å². The van der Waals surface area contributed by atoms with Crippen molar-refractivity contribution in [1.82, 2.24) is 19.5 Å².